The molecule has 0 saturated carbocycles. The molecule has 0 bridgehead atoms. The zero-order chi connectivity index (χ0) is 33.3. The van der Waals surface area contributed by atoms with Crippen LogP contribution < -0.4 is 0 Å². The van der Waals surface area contributed by atoms with Crippen LogP contribution in [0.2, 0.25) is 0 Å². The van der Waals surface area contributed by atoms with Crippen molar-refractivity contribution in [1.82, 2.24) is 0 Å². The van der Waals surface area contributed by atoms with Gasteiger partial charge in [0.15, 0.2) is 0 Å². The quantitative estimate of drug-likeness (QED) is 0.170. The Morgan fingerprint density at radius 3 is 1.20 bits per heavy atom. The molecule has 51 heavy (non-hydrogen) atoms. The van der Waals surface area contributed by atoms with E-state index in [0.717, 1.165) is 0 Å². The predicted octanol–water partition coefficient (Wildman–Crippen LogP) is 14.1. The van der Waals surface area contributed by atoms with Gasteiger partial charge >= 0.3 is 0 Å². The molecule has 8 aromatic carbocycles. The molecule has 0 saturated heterocycles. The minimum Gasteiger partial charge on any atom is -0.135 e. The van der Waals surface area contributed by atoms with E-state index in [1.54, 1.807) is 0 Å². The SMILES string of the molecule is c1ccc2c(c1)-c1ccc(-c3cccc4c3sc3ccccc34)cc1C21c2ccccc2-c2ccc(-c3cccc4c3sc3ccccc34)cc21. The monoisotopic (exact) mass is 680 g/mol. The summed E-state index contributed by atoms with van der Waals surface area (Å²) in [6.07, 6.45) is 0. The Balaban J connectivity index is 1.15. The molecule has 2 heterocycles. The first-order chi connectivity index (χ1) is 25.3. The third-order valence-corrected chi connectivity index (χ3v) is 14.0. The van der Waals surface area contributed by atoms with Crippen LogP contribution in [-0.4, -0.2) is 0 Å². The Kier molecular flexibility index (Phi) is 5.56. The van der Waals surface area contributed by atoms with E-state index < -0.39 is 5.41 Å². The van der Waals surface area contributed by atoms with Gasteiger partial charge in [-0.1, -0.05) is 146 Å². The van der Waals surface area contributed by atoms with Gasteiger partial charge in [-0.05, 0) is 91.0 Å². The Hall–Kier alpha value is -5.80. The van der Waals surface area contributed by atoms with Gasteiger partial charge in [-0.3, -0.25) is 0 Å². The van der Waals surface area contributed by atoms with Gasteiger partial charge in [-0.2, -0.15) is 0 Å². The minimum atomic E-state index is -0.425. The molecule has 12 rings (SSSR count). The van der Waals surface area contributed by atoms with E-state index in [2.05, 4.69) is 170 Å². The van der Waals surface area contributed by atoms with Crippen LogP contribution >= 0.6 is 22.7 Å². The van der Waals surface area contributed by atoms with E-state index >= 15 is 0 Å². The summed E-state index contributed by atoms with van der Waals surface area (Å²) in [6.45, 7) is 0. The molecule has 2 aliphatic carbocycles. The maximum atomic E-state index is 2.53. The molecule has 2 heteroatoms. The molecule has 0 fully saturated rings. The third-order valence-electron chi connectivity index (χ3n) is 11.5. The molecule has 236 valence electrons. The van der Waals surface area contributed by atoms with Gasteiger partial charge in [0.2, 0.25) is 0 Å². The molecular formula is C49H28S2. The zero-order valence-electron chi connectivity index (χ0n) is 27.5. The summed E-state index contributed by atoms with van der Waals surface area (Å²) < 4.78 is 5.39. The van der Waals surface area contributed by atoms with E-state index in [1.807, 2.05) is 22.7 Å². The molecular weight excluding hydrogens is 653 g/mol. The molecule has 2 aromatic heterocycles. The van der Waals surface area contributed by atoms with E-state index in [4.69, 9.17) is 0 Å². The minimum absolute atomic E-state index is 0.425. The normalized spacial score (nSPS) is 13.6. The van der Waals surface area contributed by atoms with Crippen molar-refractivity contribution in [2.24, 2.45) is 0 Å². The molecule has 10 aromatic rings. The highest BCUT2D eigenvalue weighted by Crippen LogP contribution is 2.63. The van der Waals surface area contributed by atoms with Crippen molar-refractivity contribution in [2.45, 2.75) is 5.41 Å². The first-order valence-corrected chi connectivity index (χ1v) is 19.2. The number of fused-ring (bicyclic) bond motifs is 16. The van der Waals surface area contributed by atoms with Crippen molar-refractivity contribution in [3.05, 3.63) is 192 Å². The number of benzene rings is 8. The van der Waals surface area contributed by atoms with Gasteiger partial charge in [0, 0.05) is 40.3 Å². The van der Waals surface area contributed by atoms with Gasteiger partial charge < -0.3 is 0 Å². The fourth-order valence-electron chi connectivity index (χ4n) is 9.42. The standard InChI is InChI=1S/C49H28S2/c1-5-19-41-33(11-1)35-25-23-29(31-15-9-17-39-37-13-3-7-21-45(37)50-47(31)39)27-43(35)49(41)42-20-6-2-12-34(42)36-26-24-30(28-44(36)49)32-16-10-18-40-38-14-4-8-22-46(38)51-48(32)40/h1-28H. The van der Waals surface area contributed by atoms with Crippen LogP contribution in [0.25, 0.3) is 84.9 Å². The van der Waals surface area contributed by atoms with Crippen molar-refractivity contribution in [1.29, 1.82) is 0 Å². The van der Waals surface area contributed by atoms with Crippen LogP contribution in [0, 0.1) is 0 Å². The second-order valence-corrected chi connectivity index (χ2v) is 16.0. The molecule has 1 spiro atoms. The fourth-order valence-corrected chi connectivity index (χ4v) is 11.9. The molecule has 0 N–H and O–H groups in total. The van der Waals surface area contributed by atoms with Crippen molar-refractivity contribution in [3.8, 4) is 44.5 Å². The summed E-state index contributed by atoms with van der Waals surface area (Å²) in [5.41, 5.74) is 15.6. The van der Waals surface area contributed by atoms with Crippen LogP contribution in [0.5, 0.6) is 0 Å². The van der Waals surface area contributed by atoms with Crippen LogP contribution in [0.4, 0.5) is 0 Å². The second kappa shape index (κ2) is 10.1. The van der Waals surface area contributed by atoms with Crippen molar-refractivity contribution < 1.29 is 0 Å². The lowest BCUT2D eigenvalue weighted by Crippen LogP contribution is -2.26. The Morgan fingerprint density at radius 2 is 0.686 bits per heavy atom. The Labute approximate surface area is 303 Å². The van der Waals surface area contributed by atoms with Gasteiger partial charge in [0.1, 0.15) is 0 Å². The molecule has 0 nitrogen and oxygen atoms in total. The summed E-state index contributed by atoms with van der Waals surface area (Å²) in [5.74, 6) is 0. The summed E-state index contributed by atoms with van der Waals surface area (Å²) in [6, 6.07) is 64.1. The first kappa shape index (κ1) is 28.0. The van der Waals surface area contributed by atoms with Gasteiger partial charge in [0.25, 0.3) is 0 Å². The Bertz CT molecular complexity index is 2890. The molecule has 0 aliphatic heterocycles. The zero-order valence-corrected chi connectivity index (χ0v) is 29.1. The lowest BCUT2D eigenvalue weighted by molar-refractivity contribution is 0.794. The average molecular weight is 681 g/mol. The molecule has 0 amide bonds. The van der Waals surface area contributed by atoms with Crippen molar-refractivity contribution in [2.75, 3.05) is 0 Å². The topological polar surface area (TPSA) is 0 Å². The van der Waals surface area contributed by atoms with Crippen LogP contribution in [-0.2, 0) is 5.41 Å². The first-order valence-electron chi connectivity index (χ1n) is 17.6. The van der Waals surface area contributed by atoms with Crippen molar-refractivity contribution >= 4 is 63.0 Å². The smallest absolute Gasteiger partial charge is 0.0725 e. The highest BCUT2D eigenvalue weighted by Gasteiger charge is 2.51. The average Bonchev–Trinajstić information content (AvgIpc) is 3.92. The van der Waals surface area contributed by atoms with Gasteiger partial charge in [-0.15, -0.1) is 22.7 Å². The number of rotatable bonds is 2. The summed E-state index contributed by atoms with van der Waals surface area (Å²) in [4.78, 5) is 0. The lowest BCUT2D eigenvalue weighted by Gasteiger charge is -2.31. The molecule has 0 unspecified atom stereocenters. The molecule has 0 atom stereocenters. The fraction of sp³-hybridized carbons (Fsp3) is 0.0204. The van der Waals surface area contributed by atoms with Crippen molar-refractivity contribution in [3.63, 3.8) is 0 Å². The van der Waals surface area contributed by atoms with E-state index in [-0.39, 0.29) is 0 Å². The highest BCUT2D eigenvalue weighted by atomic mass is 32.1. The lowest BCUT2D eigenvalue weighted by atomic mass is 9.70. The van der Waals surface area contributed by atoms with Gasteiger partial charge in [0.05, 0.1) is 5.41 Å². The number of hydrogen-bond acceptors (Lipinski definition) is 2. The Morgan fingerprint density at radius 1 is 0.294 bits per heavy atom. The number of hydrogen-bond donors (Lipinski definition) is 0. The summed E-state index contributed by atoms with van der Waals surface area (Å²) in [5, 5.41) is 5.35. The highest BCUT2D eigenvalue weighted by molar-refractivity contribution is 7.26. The van der Waals surface area contributed by atoms with Crippen LogP contribution in [0.3, 0.4) is 0 Å². The summed E-state index contributed by atoms with van der Waals surface area (Å²) in [7, 11) is 0. The van der Waals surface area contributed by atoms with Gasteiger partial charge in [-0.25, -0.2) is 0 Å². The maximum absolute atomic E-state index is 2.53. The van der Waals surface area contributed by atoms with E-state index in [9.17, 15) is 0 Å². The number of thiophene rings is 2. The maximum Gasteiger partial charge on any atom is 0.0725 e. The van der Waals surface area contributed by atoms with E-state index in [0.29, 0.717) is 0 Å². The largest absolute Gasteiger partial charge is 0.135 e. The third kappa shape index (κ3) is 3.58. The summed E-state index contributed by atoms with van der Waals surface area (Å²) >= 11 is 3.81. The van der Waals surface area contributed by atoms with Crippen LogP contribution in [0.15, 0.2) is 170 Å². The van der Waals surface area contributed by atoms with Crippen LogP contribution in [0.1, 0.15) is 22.3 Å². The predicted molar refractivity (Wildman–Crippen MR) is 219 cm³/mol. The molecule has 2 aliphatic rings. The molecule has 0 radical (unpaired) electrons. The second-order valence-electron chi connectivity index (χ2n) is 13.9. The van der Waals surface area contributed by atoms with E-state index in [1.165, 1.54) is 107 Å².